The first-order valence-corrected chi connectivity index (χ1v) is 34.2. The second-order valence-electron chi connectivity index (χ2n) is 23.1. The van der Waals surface area contributed by atoms with E-state index < -0.39 is 26.6 Å². The highest BCUT2D eigenvalue weighted by molar-refractivity contribution is 7.45. The van der Waals surface area contributed by atoms with Gasteiger partial charge in [-0.15, -0.1) is 0 Å². The molecule has 1 amide bonds. The van der Waals surface area contributed by atoms with Crippen molar-refractivity contribution in [3.8, 4) is 0 Å². The second kappa shape index (κ2) is 59.8. The number of nitrogens with one attached hydrogen (secondary N) is 1. The van der Waals surface area contributed by atoms with Gasteiger partial charge in [-0.25, -0.2) is 0 Å². The Morgan fingerprint density at radius 2 is 0.785 bits per heavy atom. The highest BCUT2D eigenvalue weighted by Crippen LogP contribution is 2.38. The minimum Gasteiger partial charge on any atom is -0.756 e. The number of amides is 1. The molecule has 2 N–H and O–H groups in total. The molecule has 0 aliphatic rings. The molecule has 9 heteroatoms. The van der Waals surface area contributed by atoms with Gasteiger partial charge >= 0.3 is 0 Å². The molecule has 0 saturated carbocycles. The van der Waals surface area contributed by atoms with Crippen molar-refractivity contribution >= 4 is 13.7 Å². The molecule has 0 aliphatic carbocycles. The summed E-state index contributed by atoms with van der Waals surface area (Å²) in [5.74, 6) is -0.241. The van der Waals surface area contributed by atoms with Gasteiger partial charge < -0.3 is 28.8 Å². The molecule has 0 saturated heterocycles. The van der Waals surface area contributed by atoms with Gasteiger partial charge in [-0.2, -0.15) is 0 Å². The van der Waals surface area contributed by atoms with Crippen LogP contribution >= 0.6 is 7.82 Å². The van der Waals surface area contributed by atoms with Gasteiger partial charge in [0.15, 0.2) is 0 Å². The molecule has 0 radical (unpaired) electrons. The smallest absolute Gasteiger partial charge is 0.268 e. The van der Waals surface area contributed by atoms with E-state index in [2.05, 4.69) is 116 Å². The molecule has 0 aromatic rings. The fourth-order valence-corrected chi connectivity index (χ4v) is 9.87. The Balaban J connectivity index is 4.23. The molecule has 0 rings (SSSR count). The van der Waals surface area contributed by atoms with Crippen molar-refractivity contribution in [2.75, 3.05) is 40.9 Å². The Hall–Kier alpha value is -2.84. The third kappa shape index (κ3) is 62.6. The third-order valence-corrected chi connectivity index (χ3v) is 15.2. The average Bonchev–Trinajstić information content (AvgIpc) is 3.42. The number of allylic oxidation sites excluding steroid dienone is 17. The molecule has 3 unspecified atom stereocenters. The normalized spacial score (nSPS) is 14.5. The molecule has 0 heterocycles. The van der Waals surface area contributed by atoms with Gasteiger partial charge in [-0.1, -0.05) is 290 Å². The van der Waals surface area contributed by atoms with Crippen LogP contribution in [0, 0.1) is 0 Å². The summed E-state index contributed by atoms with van der Waals surface area (Å²) in [5, 5.41) is 13.9. The zero-order valence-electron chi connectivity index (χ0n) is 52.0. The van der Waals surface area contributed by atoms with Crippen molar-refractivity contribution in [1.29, 1.82) is 0 Å². The molecule has 8 nitrogen and oxygen atoms in total. The molecule has 456 valence electrons. The van der Waals surface area contributed by atoms with Gasteiger partial charge in [0, 0.05) is 6.42 Å². The molecular formula is C70H125N2O6P. The minimum atomic E-state index is -4.63. The second-order valence-corrected chi connectivity index (χ2v) is 24.5. The maximum Gasteiger partial charge on any atom is 0.268 e. The number of nitrogens with zero attached hydrogens (tertiary/aromatic N) is 1. The lowest BCUT2D eigenvalue weighted by atomic mass is 10.0. The molecule has 0 fully saturated rings. The maximum absolute atomic E-state index is 13.0. The monoisotopic (exact) mass is 1120 g/mol. The minimum absolute atomic E-state index is 0.0192. The lowest BCUT2D eigenvalue weighted by molar-refractivity contribution is -0.870. The van der Waals surface area contributed by atoms with Crippen molar-refractivity contribution in [1.82, 2.24) is 5.32 Å². The summed E-state index contributed by atoms with van der Waals surface area (Å²) in [6.07, 6.45) is 87.8. The van der Waals surface area contributed by atoms with Crippen LogP contribution in [0.25, 0.3) is 0 Å². The van der Waals surface area contributed by atoms with Gasteiger partial charge in [-0.3, -0.25) is 9.36 Å². The summed E-state index contributed by atoms with van der Waals surface area (Å²) in [5.41, 5.74) is 0. The summed E-state index contributed by atoms with van der Waals surface area (Å²) < 4.78 is 23.4. The zero-order chi connectivity index (χ0) is 57.7. The number of carbonyl (C=O) groups is 1. The summed E-state index contributed by atoms with van der Waals surface area (Å²) in [4.78, 5) is 25.6. The van der Waals surface area contributed by atoms with Crippen LogP contribution in [-0.2, 0) is 18.4 Å². The largest absolute Gasteiger partial charge is 0.756 e. The molecule has 79 heavy (non-hydrogen) atoms. The fourth-order valence-electron chi connectivity index (χ4n) is 9.15. The lowest BCUT2D eigenvalue weighted by Gasteiger charge is -2.29. The maximum atomic E-state index is 13.0. The van der Waals surface area contributed by atoms with Crippen LogP contribution in [0.3, 0.4) is 0 Å². The first-order valence-electron chi connectivity index (χ1n) is 32.7. The van der Waals surface area contributed by atoms with Crippen molar-refractivity contribution in [2.24, 2.45) is 0 Å². The van der Waals surface area contributed by atoms with Gasteiger partial charge in [0.1, 0.15) is 13.2 Å². The highest BCUT2D eigenvalue weighted by atomic mass is 31.2. The molecular weight excluding hydrogens is 996 g/mol. The SMILES string of the molecule is CC/C=C\C/C=C\C/C=C\C/C=C\C/C=C\C/C=C\C/C=C\CCCCCC(=O)NC(COP(=O)([O-])OCC[N+](C)(C)C)C(O)/C=C/CC/C=C/CCCCCCCCCCCCCCCCCCCCCCCCCCCC. The van der Waals surface area contributed by atoms with E-state index in [-0.39, 0.29) is 18.9 Å². The fraction of sp³-hybridized carbons (Fsp3) is 0.729. The van der Waals surface area contributed by atoms with E-state index in [0.29, 0.717) is 17.4 Å². The van der Waals surface area contributed by atoms with Crippen LogP contribution in [0.1, 0.15) is 277 Å². The van der Waals surface area contributed by atoms with Gasteiger partial charge in [0.25, 0.3) is 7.82 Å². The number of likely N-dealkylation sites (N-methyl/N-ethyl adjacent to an activating group) is 1. The van der Waals surface area contributed by atoms with Crippen molar-refractivity contribution in [3.63, 3.8) is 0 Å². The number of phosphoric ester groups is 1. The van der Waals surface area contributed by atoms with Crippen LogP contribution in [0.15, 0.2) is 109 Å². The number of phosphoric acid groups is 1. The van der Waals surface area contributed by atoms with Gasteiger partial charge in [-0.05, 0) is 89.9 Å². The van der Waals surface area contributed by atoms with E-state index in [1.807, 2.05) is 27.2 Å². The Morgan fingerprint density at radius 3 is 1.18 bits per heavy atom. The standard InChI is InChI=1S/C70H125N2O6P/c1-6-8-10-12-14-16-18-20-22-24-26-28-30-32-33-34-35-36-37-38-40-41-43-45-47-49-51-53-55-57-59-61-63-69(73)68(67-78-79(75,76)77-66-65-72(3,4)5)71-70(74)64-62-60-58-56-54-52-50-48-46-44-42-39-31-29-27-25-23-21-19-17-15-13-11-9-7-2/h9,11,15,17,21,23,27,29,39,42,46,48,52-55,61,63,68-69,73H,6-8,10,12-14,16,18-20,22,24-26,28,30-38,40-41,43-45,47,49-51,56-60,62,64-67H2,1-5H3,(H-,71,74,75,76)/b11-9-,17-15-,23-21-,29-27-,42-39-,48-46-,54-52-,55-53+,63-61+. The summed E-state index contributed by atoms with van der Waals surface area (Å²) >= 11 is 0. The number of quaternary nitrogens is 1. The molecule has 0 spiro atoms. The third-order valence-electron chi connectivity index (χ3n) is 14.2. The summed E-state index contributed by atoms with van der Waals surface area (Å²) in [6, 6.07) is -0.932. The highest BCUT2D eigenvalue weighted by Gasteiger charge is 2.23. The number of aliphatic hydroxyl groups excluding tert-OH is 1. The van der Waals surface area contributed by atoms with Crippen LogP contribution in [-0.4, -0.2) is 68.5 Å². The van der Waals surface area contributed by atoms with Crippen LogP contribution in [0.2, 0.25) is 0 Å². The van der Waals surface area contributed by atoms with E-state index in [4.69, 9.17) is 9.05 Å². The topological polar surface area (TPSA) is 108 Å². The summed E-state index contributed by atoms with van der Waals surface area (Å²) in [6.45, 7) is 4.50. The Morgan fingerprint density at radius 1 is 0.456 bits per heavy atom. The van der Waals surface area contributed by atoms with Gasteiger partial charge in [0.05, 0.1) is 39.9 Å². The Bertz CT molecular complexity index is 1650. The molecule has 0 bridgehead atoms. The van der Waals surface area contributed by atoms with Crippen LogP contribution < -0.4 is 10.2 Å². The van der Waals surface area contributed by atoms with E-state index in [0.717, 1.165) is 83.5 Å². The number of carbonyl (C=O) groups excluding carboxylic acids is 1. The number of hydrogen-bond acceptors (Lipinski definition) is 6. The molecule has 0 aromatic heterocycles. The van der Waals surface area contributed by atoms with E-state index in [1.165, 1.54) is 167 Å². The number of unbranched alkanes of at least 4 members (excludes halogenated alkanes) is 30. The first-order chi connectivity index (χ1) is 38.5. The zero-order valence-corrected chi connectivity index (χ0v) is 52.9. The van der Waals surface area contributed by atoms with E-state index >= 15 is 0 Å². The Labute approximate surface area is 489 Å². The molecule has 0 aromatic carbocycles. The summed E-state index contributed by atoms with van der Waals surface area (Å²) in [7, 11) is 1.21. The molecule has 0 aliphatic heterocycles. The van der Waals surface area contributed by atoms with Crippen LogP contribution in [0.4, 0.5) is 0 Å². The quantitative estimate of drug-likeness (QED) is 0.0272. The number of hydrogen-bond donors (Lipinski definition) is 2. The van der Waals surface area contributed by atoms with Crippen molar-refractivity contribution in [3.05, 3.63) is 109 Å². The first kappa shape index (κ1) is 76.2. The average molecular weight is 1120 g/mol. The lowest BCUT2D eigenvalue weighted by Crippen LogP contribution is -2.45. The van der Waals surface area contributed by atoms with E-state index in [9.17, 15) is 19.4 Å². The van der Waals surface area contributed by atoms with Crippen LogP contribution in [0.5, 0.6) is 0 Å². The predicted molar refractivity (Wildman–Crippen MR) is 343 cm³/mol. The molecule has 3 atom stereocenters. The van der Waals surface area contributed by atoms with E-state index in [1.54, 1.807) is 6.08 Å². The number of aliphatic hydroxyl groups is 1. The predicted octanol–water partition coefficient (Wildman–Crippen LogP) is 20.1. The number of rotatable bonds is 59. The Kier molecular flexibility index (Phi) is 57.6. The van der Waals surface area contributed by atoms with Gasteiger partial charge in [0.2, 0.25) is 5.91 Å². The van der Waals surface area contributed by atoms with Crippen molar-refractivity contribution in [2.45, 2.75) is 289 Å². The van der Waals surface area contributed by atoms with Crippen molar-refractivity contribution < 1.29 is 32.9 Å².